The van der Waals surface area contributed by atoms with E-state index in [1.165, 1.54) is 13.1 Å². The van der Waals surface area contributed by atoms with Gasteiger partial charge in [0.05, 0.1) is 11.1 Å². The summed E-state index contributed by atoms with van der Waals surface area (Å²) in [6.45, 7) is 0. The number of halogens is 4. The van der Waals surface area contributed by atoms with Crippen LogP contribution in [0.15, 0.2) is 27.4 Å². The fourth-order valence-electron chi connectivity index (χ4n) is 2.92. The lowest BCUT2D eigenvalue weighted by molar-refractivity contribution is -0.141. The van der Waals surface area contributed by atoms with Crippen molar-refractivity contribution >= 4 is 34.9 Å². The van der Waals surface area contributed by atoms with Crippen molar-refractivity contribution < 1.29 is 37.4 Å². The number of amides is 1. The van der Waals surface area contributed by atoms with Gasteiger partial charge in [-0.1, -0.05) is 11.6 Å². The molecule has 0 fully saturated rings. The Morgan fingerprint density at radius 2 is 2.03 bits per heavy atom. The fraction of sp³-hybridized carbons (Fsp3) is 0.176. The number of benzene rings is 1. The second-order valence-electron chi connectivity index (χ2n) is 6.07. The predicted octanol–water partition coefficient (Wildman–Crippen LogP) is 2.44. The standard InChI is InChI=1S/C17H11ClF3N3O6/c1-24-9(4-10(23-24)17(19,20)21)7-2-6(18)3-8-13(26)11(16(29)30-14(7)8)12(15(27)28)22-5-25/h2-5,12,26H,1H3,(H,22,25)(H,27,28)/t12-/m0/s1. The first kappa shape index (κ1) is 21.2. The van der Waals surface area contributed by atoms with Crippen molar-refractivity contribution in [3.8, 4) is 17.0 Å². The number of carbonyl (C=O) groups excluding carboxylic acids is 1. The molecule has 0 unspecified atom stereocenters. The van der Waals surface area contributed by atoms with Gasteiger partial charge in [-0.25, -0.2) is 9.59 Å². The molecule has 0 aliphatic heterocycles. The van der Waals surface area contributed by atoms with Gasteiger partial charge in [0.1, 0.15) is 11.3 Å². The van der Waals surface area contributed by atoms with Gasteiger partial charge >= 0.3 is 17.8 Å². The molecule has 3 aromatic rings. The minimum Gasteiger partial charge on any atom is -0.507 e. The molecule has 0 aliphatic carbocycles. The van der Waals surface area contributed by atoms with Crippen LogP contribution in [-0.2, 0) is 22.8 Å². The van der Waals surface area contributed by atoms with Crippen molar-refractivity contribution in [2.75, 3.05) is 0 Å². The number of carbonyl (C=O) groups is 2. The zero-order valence-electron chi connectivity index (χ0n) is 14.8. The quantitative estimate of drug-likeness (QED) is 0.405. The van der Waals surface area contributed by atoms with Crippen LogP contribution in [0, 0.1) is 0 Å². The highest BCUT2D eigenvalue weighted by molar-refractivity contribution is 6.32. The van der Waals surface area contributed by atoms with Gasteiger partial charge in [-0.15, -0.1) is 0 Å². The lowest BCUT2D eigenvalue weighted by Crippen LogP contribution is -2.31. The van der Waals surface area contributed by atoms with Gasteiger partial charge in [0.25, 0.3) is 0 Å². The summed E-state index contributed by atoms with van der Waals surface area (Å²) in [4.78, 5) is 34.5. The molecule has 0 aliphatic rings. The van der Waals surface area contributed by atoms with Crippen molar-refractivity contribution in [2.45, 2.75) is 12.2 Å². The molecule has 158 valence electrons. The van der Waals surface area contributed by atoms with Gasteiger partial charge < -0.3 is 19.9 Å². The van der Waals surface area contributed by atoms with Gasteiger partial charge in [-0.05, 0) is 18.2 Å². The molecule has 0 saturated carbocycles. The summed E-state index contributed by atoms with van der Waals surface area (Å²) in [7, 11) is 1.22. The summed E-state index contributed by atoms with van der Waals surface area (Å²) in [6.07, 6.45) is -4.73. The lowest BCUT2D eigenvalue weighted by atomic mass is 10.0. The molecule has 0 bridgehead atoms. The first-order valence-corrected chi connectivity index (χ1v) is 8.36. The van der Waals surface area contributed by atoms with Gasteiger partial charge in [0.15, 0.2) is 17.3 Å². The Morgan fingerprint density at radius 1 is 1.37 bits per heavy atom. The average molecular weight is 446 g/mol. The van der Waals surface area contributed by atoms with Gasteiger partial charge in [-0.2, -0.15) is 18.3 Å². The monoisotopic (exact) mass is 445 g/mol. The van der Waals surface area contributed by atoms with E-state index in [0.29, 0.717) is 6.07 Å². The Morgan fingerprint density at radius 3 is 2.57 bits per heavy atom. The van der Waals surface area contributed by atoms with Crippen molar-refractivity contribution in [2.24, 2.45) is 7.05 Å². The van der Waals surface area contributed by atoms with E-state index in [2.05, 4.69) is 5.10 Å². The number of nitrogens with zero attached hydrogens (tertiary/aromatic N) is 2. The molecule has 0 saturated heterocycles. The Labute approximate surface area is 169 Å². The van der Waals surface area contributed by atoms with Crippen molar-refractivity contribution in [1.29, 1.82) is 0 Å². The van der Waals surface area contributed by atoms with E-state index in [0.717, 1.165) is 10.7 Å². The lowest BCUT2D eigenvalue weighted by Gasteiger charge is -2.14. The molecule has 3 N–H and O–H groups in total. The largest absolute Gasteiger partial charge is 0.507 e. The Kier molecular flexibility index (Phi) is 5.20. The SMILES string of the molecule is Cn1nc(C(F)(F)F)cc1-c1cc(Cl)cc2c(O)c([C@H](NC=O)C(=O)O)c(=O)oc12. The van der Waals surface area contributed by atoms with Crippen LogP contribution in [0.25, 0.3) is 22.2 Å². The van der Waals surface area contributed by atoms with Gasteiger partial charge in [0, 0.05) is 17.6 Å². The highest BCUT2D eigenvalue weighted by atomic mass is 35.5. The Hall–Kier alpha value is -3.54. The zero-order valence-corrected chi connectivity index (χ0v) is 15.6. The third-order valence-corrected chi connectivity index (χ3v) is 4.41. The van der Waals surface area contributed by atoms with Gasteiger partial charge in [-0.3, -0.25) is 9.48 Å². The number of rotatable bonds is 5. The topological polar surface area (TPSA) is 135 Å². The van der Waals surface area contributed by atoms with E-state index in [4.69, 9.17) is 16.0 Å². The molecular weight excluding hydrogens is 435 g/mol. The van der Waals surface area contributed by atoms with Gasteiger partial charge in [0.2, 0.25) is 6.41 Å². The summed E-state index contributed by atoms with van der Waals surface area (Å²) >= 11 is 6.02. The number of aromatic hydroxyl groups is 1. The Bertz CT molecular complexity index is 1230. The second kappa shape index (κ2) is 7.37. The zero-order chi connectivity index (χ0) is 22.4. The smallest absolute Gasteiger partial charge is 0.435 e. The highest BCUT2D eigenvalue weighted by Gasteiger charge is 2.35. The van der Waals surface area contributed by atoms with Crippen molar-refractivity contribution in [1.82, 2.24) is 15.1 Å². The molecule has 0 spiro atoms. The number of aromatic nitrogens is 2. The number of nitrogens with one attached hydrogen (secondary N) is 1. The molecule has 9 nitrogen and oxygen atoms in total. The molecule has 3 rings (SSSR count). The molecular formula is C17H11ClF3N3O6. The molecule has 0 radical (unpaired) electrons. The molecule has 2 aromatic heterocycles. The minimum atomic E-state index is -4.74. The molecule has 1 aromatic carbocycles. The van der Waals surface area contributed by atoms with Crippen LogP contribution >= 0.6 is 11.6 Å². The van der Waals surface area contributed by atoms with E-state index in [-0.39, 0.29) is 33.7 Å². The number of carboxylic acid groups (broad SMARTS) is 1. The van der Waals surface area contributed by atoms with Crippen LogP contribution in [0.5, 0.6) is 5.75 Å². The maximum absolute atomic E-state index is 13.0. The number of alkyl halides is 3. The van der Waals surface area contributed by atoms with Crippen LogP contribution in [-0.4, -0.2) is 32.4 Å². The Balaban J connectivity index is 2.35. The first-order valence-electron chi connectivity index (χ1n) is 7.99. The summed E-state index contributed by atoms with van der Waals surface area (Å²) in [5.74, 6) is -2.52. The van der Waals surface area contributed by atoms with E-state index < -0.39 is 40.8 Å². The van der Waals surface area contributed by atoms with Crippen LogP contribution < -0.4 is 10.9 Å². The summed E-state index contributed by atoms with van der Waals surface area (Å²) < 4.78 is 45.0. The molecule has 2 heterocycles. The maximum atomic E-state index is 13.0. The van der Waals surface area contributed by atoms with E-state index in [1.807, 2.05) is 5.32 Å². The molecule has 1 atom stereocenters. The van der Waals surface area contributed by atoms with Crippen LogP contribution in [0.3, 0.4) is 0 Å². The van der Waals surface area contributed by atoms with E-state index >= 15 is 0 Å². The molecule has 13 heteroatoms. The third-order valence-electron chi connectivity index (χ3n) is 4.20. The average Bonchev–Trinajstić information content (AvgIpc) is 3.03. The summed E-state index contributed by atoms with van der Waals surface area (Å²) in [5.41, 5.74) is -3.89. The van der Waals surface area contributed by atoms with Crippen molar-refractivity contribution in [3.63, 3.8) is 0 Å². The minimum absolute atomic E-state index is 0.0135. The van der Waals surface area contributed by atoms with E-state index in [1.54, 1.807) is 0 Å². The normalized spacial score (nSPS) is 12.7. The first-order chi connectivity index (χ1) is 14.0. The van der Waals surface area contributed by atoms with E-state index in [9.17, 15) is 37.8 Å². The summed E-state index contributed by atoms with van der Waals surface area (Å²) in [5, 5.41) is 24.7. The molecule has 1 amide bonds. The van der Waals surface area contributed by atoms with Crippen LogP contribution in [0.2, 0.25) is 5.02 Å². The number of hydrogen-bond donors (Lipinski definition) is 3. The maximum Gasteiger partial charge on any atom is 0.435 e. The fourth-order valence-corrected chi connectivity index (χ4v) is 3.14. The third kappa shape index (κ3) is 3.56. The number of aliphatic carboxylic acids is 1. The molecule has 30 heavy (non-hydrogen) atoms. The van der Waals surface area contributed by atoms with Crippen LogP contribution in [0.1, 0.15) is 17.3 Å². The second-order valence-corrected chi connectivity index (χ2v) is 6.51. The predicted molar refractivity (Wildman–Crippen MR) is 95.9 cm³/mol. The van der Waals surface area contributed by atoms with Crippen LogP contribution in [0.4, 0.5) is 13.2 Å². The highest BCUT2D eigenvalue weighted by Crippen LogP contribution is 2.39. The van der Waals surface area contributed by atoms with Crippen molar-refractivity contribution in [3.05, 3.63) is 44.9 Å². The number of fused-ring (bicyclic) bond motifs is 1. The number of carboxylic acids is 1. The summed E-state index contributed by atoms with van der Waals surface area (Å²) in [6, 6.07) is 1.09. The number of hydrogen-bond acceptors (Lipinski definition) is 6. The number of aryl methyl sites for hydroxylation is 1.